The third-order valence-electron chi connectivity index (χ3n) is 4.60. The van der Waals surface area contributed by atoms with Crippen LogP contribution in [0.1, 0.15) is 22.3 Å². The number of para-hydroxylation sites is 1. The molecule has 2 aromatic rings. The van der Waals surface area contributed by atoms with E-state index in [2.05, 4.69) is 5.32 Å². The van der Waals surface area contributed by atoms with Crippen molar-refractivity contribution in [2.75, 3.05) is 0 Å². The number of hydrogen-bond donors (Lipinski definition) is 2. The Balaban J connectivity index is 2.09. The summed E-state index contributed by atoms with van der Waals surface area (Å²) in [6.45, 7) is 1.68. The zero-order valence-corrected chi connectivity index (χ0v) is 15.9. The topological polar surface area (TPSA) is 75.6 Å². The molecule has 1 amide bonds. The minimum absolute atomic E-state index is 0.136. The second kappa shape index (κ2) is 8.44. The van der Waals surface area contributed by atoms with Crippen LogP contribution in [0.4, 0.5) is 13.2 Å². The van der Waals surface area contributed by atoms with Gasteiger partial charge >= 0.3 is 12.1 Å². The lowest BCUT2D eigenvalue weighted by atomic mass is 9.89. The molecule has 0 aliphatic heterocycles. The van der Waals surface area contributed by atoms with E-state index in [-0.39, 0.29) is 17.0 Å². The highest BCUT2D eigenvalue weighted by atomic mass is 19.4. The number of carboxylic acid groups (broad SMARTS) is 1. The zero-order chi connectivity index (χ0) is 21.9. The molecule has 3 rings (SSSR count). The molecule has 0 heterocycles. The lowest BCUT2D eigenvalue weighted by Gasteiger charge is -2.29. The van der Waals surface area contributed by atoms with Gasteiger partial charge in [0.05, 0.1) is 5.70 Å². The van der Waals surface area contributed by atoms with Crippen LogP contribution in [-0.2, 0) is 4.79 Å². The van der Waals surface area contributed by atoms with Gasteiger partial charge in [0.15, 0.2) is 0 Å². The summed E-state index contributed by atoms with van der Waals surface area (Å²) in [5.74, 6) is -4.80. The number of hydrogen-bond acceptors (Lipinski definition) is 3. The smallest absolute Gasteiger partial charge is 0.399 e. The van der Waals surface area contributed by atoms with Gasteiger partial charge in [0.2, 0.25) is 0 Å². The van der Waals surface area contributed by atoms with Gasteiger partial charge in [-0.15, -0.1) is 0 Å². The summed E-state index contributed by atoms with van der Waals surface area (Å²) in [5, 5.41) is 11.7. The van der Waals surface area contributed by atoms with Gasteiger partial charge in [0.1, 0.15) is 17.4 Å². The molecule has 5 nitrogen and oxygen atoms in total. The standard InChI is InChI=1S/C22H18F3NO4/c1-13-7-5-6-10-16(13)20(27)26-18-12-14(21(28)29)11-17(22(23,24)25)19(18)30-15-8-3-2-4-9-15/h2-10,12,17H,11H2,1H3,(H,26,27)(H,28,29). The van der Waals surface area contributed by atoms with Crippen LogP contribution in [0.3, 0.4) is 0 Å². The van der Waals surface area contributed by atoms with Crippen LogP contribution in [-0.4, -0.2) is 23.2 Å². The van der Waals surface area contributed by atoms with E-state index in [1.165, 1.54) is 18.2 Å². The van der Waals surface area contributed by atoms with Gasteiger partial charge in [-0.2, -0.15) is 13.2 Å². The van der Waals surface area contributed by atoms with Crippen molar-refractivity contribution in [2.24, 2.45) is 5.92 Å². The number of allylic oxidation sites excluding steroid dienone is 2. The zero-order valence-electron chi connectivity index (χ0n) is 15.9. The maximum Gasteiger partial charge on any atom is 0.399 e. The molecule has 0 fully saturated rings. The van der Waals surface area contributed by atoms with Crippen molar-refractivity contribution in [1.29, 1.82) is 0 Å². The van der Waals surface area contributed by atoms with Crippen molar-refractivity contribution in [1.82, 2.24) is 5.32 Å². The Kier molecular flexibility index (Phi) is 5.96. The van der Waals surface area contributed by atoms with Crippen LogP contribution in [0.25, 0.3) is 0 Å². The molecule has 0 bridgehead atoms. The molecule has 0 aromatic heterocycles. The molecule has 1 aliphatic rings. The van der Waals surface area contributed by atoms with Crippen LogP contribution in [0.15, 0.2) is 77.7 Å². The van der Waals surface area contributed by atoms with Crippen molar-refractivity contribution in [3.05, 3.63) is 88.8 Å². The SMILES string of the molecule is Cc1ccccc1C(=O)NC1=C(Oc2ccccc2)C(C(F)(F)F)CC(C(=O)O)=C1. The third kappa shape index (κ3) is 4.71. The molecular formula is C22H18F3NO4. The summed E-state index contributed by atoms with van der Waals surface area (Å²) >= 11 is 0. The molecule has 0 saturated carbocycles. The number of carbonyl (C=O) groups is 2. The summed E-state index contributed by atoms with van der Waals surface area (Å²) in [4.78, 5) is 24.1. The van der Waals surface area contributed by atoms with E-state index in [1.807, 2.05) is 0 Å². The Hall–Kier alpha value is -3.55. The van der Waals surface area contributed by atoms with E-state index < -0.39 is 41.7 Å². The van der Waals surface area contributed by atoms with E-state index >= 15 is 0 Å². The van der Waals surface area contributed by atoms with Crippen LogP contribution in [0, 0.1) is 12.8 Å². The maximum atomic E-state index is 13.8. The van der Waals surface area contributed by atoms with E-state index in [0.29, 0.717) is 5.56 Å². The minimum Gasteiger partial charge on any atom is -0.478 e. The highest BCUT2D eigenvalue weighted by Gasteiger charge is 2.47. The number of carbonyl (C=O) groups excluding carboxylic acids is 1. The Bertz CT molecular complexity index is 1030. The number of aryl methyl sites for hydroxylation is 1. The van der Waals surface area contributed by atoms with E-state index in [0.717, 1.165) is 6.08 Å². The molecule has 1 atom stereocenters. The van der Waals surface area contributed by atoms with Crippen LogP contribution < -0.4 is 10.1 Å². The quantitative estimate of drug-likeness (QED) is 0.745. The predicted molar refractivity (Wildman–Crippen MR) is 103 cm³/mol. The number of carboxylic acids is 1. The van der Waals surface area contributed by atoms with Gasteiger partial charge in [-0.25, -0.2) is 4.79 Å². The van der Waals surface area contributed by atoms with Gasteiger partial charge in [-0.05, 0) is 43.2 Å². The lowest BCUT2D eigenvalue weighted by Crippen LogP contribution is -2.36. The number of ether oxygens (including phenoxy) is 1. The lowest BCUT2D eigenvalue weighted by molar-refractivity contribution is -0.171. The number of halogens is 3. The Morgan fingerprint density at radius 2 is 1.70 bits per heavy atom. The number of nitrogens with one attached hydrogen (secondary N) is 1. The van der Waals surface area contributed by atoms with Crippen LogP contribution in [0.2, 0.25) is 0 Å². The predicted octanol–water partition coefficient (Wildman–Crippen LogP) is 4.61. The van der Waals surface area contributed by atoms with Gasteiger partial charge in [0.25, 0.3) is 5.91 Å². The Morgan fingerprint density at radius 1 is 1.07 bits per heavy atom. The van der Waals surface area contributed by atoms with Gasteiger partial charge in [-0.1, -0.05) is 36.4 Å². The number of aliphatic carboxylic acids is 1. The van der Waals surface area contributed by atoms with Crippen molar-refractivity contribution in [3.63, 3.8) is 0 Å². The summed E-state index contributed by atoms with van der Waals surface area (Å²) < 4.78 is 46.9. The molecule has 30 heavy (non-hydrogen) atoms. The number of alkyl halides is 3. The Labute approximate surface area is 170 Å². The fourth-order valence-electron chi connectivity index (χ4n) is 3.07. The first-order chi connectivity index (χ1) is 14.2. The Morgan fingerprint density at radius 3 is 2.30 bits per heavy atom. The fourth-order valence-corrected chi connectivity index (χ4v) is 3.07. The molecule has 0 spiro atoms. The fraction of sp³-hybridized carbons (Fsp3) is 0.182. The first-order valence-electron chi connectivity index (χ1n) is 9.01. The molecule has 0 saturated heterocycles. The van der Waals surface area contributed by atoms with Crippen LogP contribution in [0.5, 0.6) is 5.75 Å². The highest BCUT2D eigenvalue weighted by molar-refractivity contribution is 5.97. The van der Waals surface area contributed by atoms with E-state index in [4.69, 9.17) is 4.74 Å². The molecule has 1 aliphatic carbocycles. The summed E-state index contributed by atoms with van der Waals surface area (Å²) in [7, 11) is 0. The first kappa shape index (κ1) is 21.2. The van der Waals surface area contributed by atoms with Crippen molar-refractivity contribution in [3.8, 4) is 5.75 Å². The minimum atomic E-state index is -4.78. The summed E-state index contributed by atoms with van der Waals surface area (Å²) in [6, 6.07) is 14.3. The maximum absolute atomic E-state index is 13.8. The van der Waals surface area contributed by atoms with Crippen molar-refractivity contribution >= 4 is 11.9 Å². The van der Waals surface area contributed by atoms with Crippen molar-refractivity contribution < 1.29 is 32.6 Å². The average Bonchev–Trinajstić information content (AvgIpc) is 2.69. The number of rotatable bonds is 5. The average molecular weight is 417 g/mol. The third-order valence-corrected chi connectivity index (χ3v) is 4.60. The number of amides is 1. The molecule has 8 heteroatoms. The monoisotopic (exact) mass is 417 g/mol. The second-order valence-electron chi connectivity index (χ2n) is 6.74. The van der Waals surface area contributed by atoms with Gasteiger partial charge in [0, 0.05) is 11.1 Å². The molecule has 156 valence electrons. The summed E-state index contributed by atoms with van der Waals surface area (Å²) in [6.07, 6.45) is -4.57. The molecule has 1 unspecified atom stereocenters. The van der Waals surface area contributed by atoms with Crippen molar-refractivity contribution in [2.45, 2.75) is 19.5 Å². The van der Waals surface area contributed by atoms with Gasteiger partial charge in [-0.3, -0.25) is 4.79 Å². The summed E-state index contributed by atoms with van der Waals surface area (Å²) in [5.41, 5.74) is 0.0612. The largest absolute Gasteiger partial charge is 0.478 e. The van der Waals surface area contributed by atoms with Crippen LogP contribution >= 0.6 is 0 Å². The molecule has 2 aromatic carbocycles. The molecular weight excluding hydrogens is 399 g/mol. The number of benzene rings is 2. The van der Waals surface area contributed by atoms with E-state index in [9.17, 15) is 27.9 Å². The van der Waals surface area contributed by atoms with Gasteiger partial charge < -0.3 is 15.2 Å². The van der Waals surface area contributed by atoms with E-state index in [1.54, 1.807) is 43.3 Å². The molecule has 2 N–H and O–H groups in total. The first-order valence-corrected chi connectivity index (χ1v) is 9.01. The highest BCUT2D eigenvalue weighted by Crippen LogP contribution is 2.41. The normalized spacial score (nSPS) is 16.7. The molecule has 0 radical (unpaired) electrons. The second-order valence-corrected chi connectivity index (χ2v) is 6.74.